The average Bonchev–Trinajstić information content (AvgIpc) is 3.03. The molecule has 0 aliphatic heterocycles. The predicted octanol–water partition coefficient (Wildman–Crippen LogP) is 6.04. The molecule has 7 nitrogen and oxygen atoms in total. The Balaban J connectivity index is 1.76. The first kappa shape index (κ1) is 32.2. The molecule has 0 spiro atoms. The zero-order chi connectivity index (χ0) is 30.7. The Morgan fingerprint density at radius 1 is 0.791 bits per heavy atom. The summed E-state index contributed by atoms with van der Waals surface area (Å²) in [6, 6.07) is 33.2. The molecule has 0 radical (unpaired) electrons. The van der Waals surface area contributed by atoms with Gasteiger partial charge >= 0.3 is 0 Å². The number of sulfonamides is 1. The lowest BCUT2D eigenvalue weighted by molar-refractivity contribution is -0.140. The van der Waals surface area contributed by atoms with E-state index in [9.17, 15) is 18.0 Å². The lowest BCUT2D eigenvalue weighted by atomic mass is 10.0. The fraction of sp³-hybridized carbons (Fsp3) is 0.235. The van der Waals surface area contributed by atoms with Crippen molar-refractivity contribution in [3.05, 3.63) is 130 Å². The molecule has 224 valence electrons. The average molecular weight is 710 g/mol. The molecule has 0 saturated heterocycles. The van der Waals surface area contributed by atoms with E-state index >= 15 is 0 Å². The van der Waals surface area contributed by atoms with Gasteiger partial charge in [0.1, 0.15) is 12.6 Å². The van der Waals surface area contributed by atoms with E-state index < -0.39 is 28.5 Å². The van der Waals surface area contributed by atoms with E-state index in [1.54, 1.807) is 42.5 Å². The van der Waals surface area contributed by atoms with Gasteiger partial charge < -0.3 is 10.2 Å². The number of unbranched alkanes of at least 4 members (excludes halogenated alkanes) is 1. The molecule has 9 heteroatoms. The molecular formula is C34H36IN3O4S. The maximum Gasteiger partial charge on any atom is 0.264 e. The summed E-state index contributed by atoms with van der Waals surface area (Å²) in [6.07, 6.45) is 2.01. The van der Waals surface area contributed by atoms with Gasteiger partial charge in [0, 0.05) is 23.1 Å². The number of benzene rings is 4. The lowest BCUT2D eigenvalue weighted by Crippen LogP contribution is -2.53. The Hall–Kier alpha value is -3.70. The molecule has 4 rings (SSSR count). The fourth-order valence-corrected chi connectivity index (χ4v) is 6.49. The van der Waals surface area contributed by atoms with Crippen molar-refractivity contribution in [2.24, 2.45) is 0 Å². The van der Waals surface area contributed by atoms with E-state index in [1.165, 1.54) is 17.0 Å². The van der Waals surface area contributed by atoms with Gasteiger partial charge in [-0.25, -0.2) is 8.42 Å². The van der Waals surface area contributed by atoms with Crippen LogP contribution < -0.4 is 9.62 Å². The number of hydrogen-bond acceptors (Lipinski definition) is 4. The maximum atomic E-state index is 14.4. The first-order valence-corrected chi connectivity index (χ1v) is 16.8. The summed E-state index contributed by atoms with van der Waals surface area (Å²) in [4.78, 5) is 29.7. The Kier molecular flexibility index (Phi) is 11.7. The van der Waals surface area contributed by atoms with Crippen LogP contribution in [0.4, 0.5) is 5.69 Å². The molecule has 1 atom stereocenters. The van der Waals surface area contributed by atoms with Crippen LogP contribution in [0.1, 0.15) is 30.9 Å². The van der Waals surface area contributed by atoms with Gasteiger partial charge in [-0.15, -0.1) is 0 Å². The summed E-state index contributed by atoms with van der Waals surface area (Å²) >= 11 is 2.15. The minimum absolute atomic E-state index is 0.0779. The standard InChI is InChI=1S/C34H36IN3O4S/c1-2-3-23-36-34(40)32(24-27-13-7-4-8-14-27)37(25-28-15-9-5-10-16-28)33(39)26-38(30-21-19-29(35)20-22-30)43(41,42)31-17-11-6-12-18-31/h4-22,32H,2-3,23-26H2,1H3,(H,36,40). The molecule has 0 saturated carbocycles. The first-order valence-electron chi connectivity index (χ1n) is 14.3. The van der Waals surface area contributed by atoms with Gasteiger partial charge in [0.15, 0.2) is 0 Å². The number of carbonyl (C=O) groups is 2. The van der Waals surface area contributed by atoms with Gasteiger partial charge in [0.25, 0.3) is 10.0 Å². The minimum atomic E-state index is -4.11. The van der Waals surface area contributed by atoms with Crippen LogP contribution in [0, 0.1) is 3.57 Å². The van der Waals surface area contributed by atoms with Crippen molar-refractivity contribution >= 4 is 50.1 Å². The highest BCUT2D eigenvalue weighted by Gasteiger charge is 2.34. The smallest absolute Gasteiger partial charge is 0.264 e. The van der Waals surface area contributed by atoms with Crippen LogP contribution in [0.5, 0.6) is 0 Å². The van der Waals surface area contributed by atoms with Crippen LogP contribution in [0.15, 0.2) is 120 Å². The lowest BCUT2D eigenvalue weighted by Gasteiger charge is -2.34. The molecular weight excluding hydrogens is 673 g/mol. The summed E-state index contributed by atoms with van der Waals surface area (Å²) in [5.74, 6) is -0.748. The van der Waals surface area contributed by atoms with Crippen molar-refractivity contribution < 1.29 is 18.0 Å². The highest BCUT2D eigenvalue weighted by molar-refractivity contribution is 14.1. The molecule has 0 aliphatic carbocycles. The van der Waals surface area contributed by atoms with Crippen LogP contribution in [0.3, 0.4) is 0 Å². The van der Waals surface area contributed by atoms with Crippen LogP contribution in [0.2, 0.25) is 0 Å². The van der Waals surface area contributed by atoms with Gasteiger partial charge in [0.05, 0.1) is 10.6 Å². The summed E-state index contributed by atoms with van der Waals surface area (Å²) in [5, 5.41) is 3.01. The molecule has 4 aromatic carbocycles. The van der Waals surface area contributed by atoms with Crippen LogP contribution in [-0.4, -0.2) is 44.3 Å². The van der Waals surface area contributed by atoms with E-state index in [4.69, 9.17) is 0 Å². The number of rotatable bonds is 14. The summed E-state index contributed by atoms with van der Waals surface area (Å²) < 4.78 is 30.0. The van der Waals surface area contributed by atoms with Crippen LogP contribution >= 0.6 is 22.6 Å². The summed E-state index contributed by atoms with van der Waals surface area (Å²) in [6.45, 7) is 2.21. The third kappa shape index (κ3) is 8.90. The van der Waals surface area contributed by atoms with Gasteiger partial charge in [-0.1, -0.05) is 92.2 Å². The maximum absolute atomic E-state index is 14.4. The third-order valence-corrected chi connectivity index (χ3v) is 9.53. The zero-order valence-electron chi connectivity index (χ0n) is 24.1. The summed E-state index contributed by atoms with van der Waals surface area (Å²) in [7, 11) is -4.11. The quantitative estimate of drug-likeness (QED) is 0.128. The second-order valence-electron chi connectivity index (χ2n) is 10.2. The SMILES string of the molecule is CCCCNC(=O)C(Cc1ccccc1)N(Cc1ccccc1)C(=O)CN(c1ccc(I)cc1)S(=O)(=O)c1ccccc1. The number of amides is 2. The normalized spacial score (nSPS) is 11.9. The Bertz CT molecular complexity index is 1570. The molecule has 0 aliphatic rings. The number of halogens is 1. The molecule has 0 bridgehead atoms. The third-order valence-electron chi connectivity index (χ3n) is 7.02. The van der Waals surface area contributed by atoms with Gasteiger partial charge in [0.2, 0.25) is 11.8 Å². The van der Waals surface area contributed by atoms with Gasteiger partial charge in [-0.2, -0.15) is 0 Å². The molecule has 4 aromatic rings. The van der Waals surface area contributed by atoms with E-state index in [1.807, 2.05) is 67.6 Å². The Labute approximate surface area is 268 Å². The van der Waals surface area contributed by atoms with E-state index in [2.05, 4.69) is 27.9 Å². The monoisotopic (exact) mass is 709 g/mol. The first-order chi connectivity index (χ1) is 20.8. The van der Waals surface area contributed by atoms with E-state index in [0.717, 1.165) is 31.8 Å². The second-order valence-corrected chi connectivity index (χ2v) is 13.3. The number of anilines is 1. The second kappa shape index (κ2) is 15.7. The Morgan fingerprint density at radius 3 is 1.93 bits per heavy atom. The van der Waals surface area contributed by atoms with Crippen LogP contribution in [-0.2, 0) is 32.6 Å². The number of nitrogens with one attached hydrogen (secondary N) is 1. The topological polar surface area (TPSA) is 86.8 Å². The highest BCUT2D eigenvalue weighted by atomic mass is 127. The number of hydrogen-bond donors (Lipinski definition) is 1. The zero-order valence-corrected chi connectivity index (χ0v) is 27.1. The highest BCUT2D eigenvalue weighted by Crippen LogP contribution is 2.26. The molecule has 1 unspecified atom stereocenters. The van der Waals surface area contributed by atoms with Crippen molar-refractivity contribution in [2.45, 2.75) is 43.7 Å². The van der Waals surface area contributed by atoms with Crippen molar-refractivity contribution in [3.63, 3.8) is 0 Å². The van der Waals surface area contributed by atoms with Gasteiger partial charge in [-0.3, -0.25) is 13.9 Å². The van der Waals surface area contributed by atoms with Crippen molar-refractivity contribution in [1.29, 1.82) is 0 Å². The predicted molar refractivity (Wildman–Crippen MR) is 179 cm³/mol. The number of carbonyl (C=O) groups excluding carboxylic acids is 2. The van der Waals surface area contributed by atoms with Crippen molar-refractivity contribution in [1.82, 2.24) is 10.2 Å². The van der Waals surface area contributed by atoms with Crippen molar-refractivity contribution in [3.8, 4) is 0 Å². The molecule has 43 heavy (non-hydrogen) atoms. The molecule has 0 aromatic heterocycles. The fourth-order valence-electron chi connectivity index (χ4n) is 4.70. The van der Waals surface area contributed by atoms with Crippen LogP contribution in [0.25, 0.3) is 0 Å². The molecule has 0 fully saturated rings. The van der Waals surface area contributed by atoms with Gasteiger partial charge in [-0.05, 0) is 76.5 Å². The summed E-state index contributed by atoms with van der Waals surface area (Å²) in [5.41, 5.74) is 2.10. The Morgan fingerprint density at radius 2 is 1.35 bits per heavy atom. The molecule has 2 amide bonds. The van der Waals surface area contributed by atoms with Crippen molar-refractivity contribution in [2.75, 3.05) is 17.4 Å². The van der Waals surface area contributed by atoms with E-state index in [-0.39, 0.29) is 23.8 Å². The molecule has 1 N–H and O–H groups in total. The van der Waals surface area contributed by atoms with E-state index in [0.29, 0.717) is 12.2 Å². The minimum Gasteiger partial charge on any atom is -0.354 e. The largest absolute Gasteiger partial charge is 0.354 e. The number of nitrogens with zero attached hydrogens (tertiary/aromatic N) is 2. The molecule has 0 heterocycles.